The first kappa shape index (κ1) is 31.4. The molecule has 1 aromatic rings. The van der Waals surface area contributed by atoms with Crippen LogP contribution < -0.4 is 5.73 Å². The Morgan fingerprint density at radius 2 is 1.54 bits per heavy atom. The van der Waals surface area contributed by atoms with E-state index in [9.17, 15) is 9.59 Å². The lowest BCUT2D eigenvalue weighted by atomic mass is 9.78. The Balaban J connectivity index is 2.57. The number of aromatic nitrogens is 2. The van der Waals surface area contributed by atoms with Crippen LogP contribution in [0, 0.1) is 0 Å². The van der Waals surface area contributed by atoms with E-state index in [-0.39, 0.29) is 36.7 Å². The molecule has 0 fully saturated rings. The van der Waals surface area contributed by atoms with E-state index in [2.05, 4.69) is 49.5 Å². The number of amides is 2. The number of carbonyl (C=O) groups excluding carboxylic acids is 2. The number of nitrogens with two attached hydrogens (primary N) is 1. The maximum Gasteiger partial charge on any atom is 0.410 e. The monoisotopic (exact) mass is 562 g/mol. The third kappa shape index (κ3) is 8.32. The summed E-state index contributed by atoms with van der Waals surface area (Å²) in [7, 11) is -3.17. The van der Waals surface area contributed by atoms with E-state index in [1.165, 1.54) is 0 Å². The van der Waals surface area contributed by atoms with E-state index in [1.807, 2.05) is 0 Å². The number of nitrogens with zero attached hydrogens (tertiary/aromatic N) is 2. The number of carbonyl (C=O) groups is 2. The SMILES string of the molecule is CC(C)(C)OC(=O)N1Cc2c(C(N)=O)n[nH]c2C(C(F)OCC[Si](C)(C)C)(C(F)OCC[Si](C)(C)C)C1. The van der Waals surface area contributed by atoms with Crippen molar-refractivity contribution in [3.05, 3.63) is 17.0 Å². The van der Waals surface area contributed by atoms with Crippen molar-refractivity contribution in [2.24, 2.45) is 5.73 Å². The highest BCUT2D eigenvalue weighted by atomic mass is 28.3. The molecule has 0 aromatic carbocycles. The first-order chi connectivity index (χ1) is 16.8. The maximum atomic E-state index is 16.2. The van der Waals surface area contributed by atoms with Gasteiger partial charge in [0, 0.05) is 41.5 Å². The number of rotatable bonds is 11. The van der Waals surface area contributed by atoms with Crippen molar-refractivity contribution in [1.29, 1.82) is 0 Å². The molecule has 0 radical (unpaired) electrons. The van der Waals surface area contributed by atoms with E-state index < -0.39 is 58.4 Å². The quantitative estimate of drug-likeness (QED) is 0.374. The van der Waals surface area contributed by atoms with E-state index in [1.54, 1.807) is 20.8 Å². The number of ether oxygens (including phenoxy) is 3. The van der Waals surface area contributed by atoms with Crippen LogP contribution in [0.25, 0.3) is 0 Å². The number of fused-ring (bicyclic) bond motifs is 1. The molecule has 1 aliphatic heterocycles. The van der Waals surface area contributed by atoms with Gasteiger partial charge < -0.3 is 24.8 Å². The van der Waals surface area contributed by atoms with E-state index in [0.29, 0.717) is 12.1 Å². The molecule has 9 nitrogen and oxygen atoms in total. The summed E-state index contributed by atoms with van der Waals surface area (Å²) in [4.78, 5) is 26.4. The van der Waals surface area contributed by atoms with Crippen molar-refractivity contribution >= 4 is 28.1 Å². The van der Waals surface area contributed by atoms with Crippen molar-refractivity contribution in [3.8, 4) is 0 Å². The second-order valence-electron chi connectivity index (χ2n) is 13.2. The third-order valence-electron chi connectivity index (χ3n) is 6.06. The smallest absolute Gasteiger partial charge is 0.410 e. The van der Waals surface area contributed by atoms with Gasteiger partial charge in [-0.3, -0.25) is 9.89 Å². The summed E-state index contributed by atoms with van der Waals surface area (Å²) in [5, 5.41) is 6.58. The minimum absolute atomic E-state index is 0.00196. The van der Waals surface area contributed by atoms with Gasteiger partial charge in [0.1, 0.15) is 11.0 Å². The van der Waals surface area contributed by atoms with Gasteiger partial charge in [0.15, 0.2) is 5.69 Å². The summed E-state index contributed by atoms with van der Waals surface area (Å²) in [5.41, 5.74) is 2.45. The highest BCUT2D eigenvalue weighted by Gasteiger charge is 2.58. The standard InChI is InChI=1S/C24H44F2N4O5Si2/c1-23(2,3)35-22(32)30-14-16-17(19(27)31)28-29-18(16)24(15-30,20(25)33-10-12-36(4,5)6)21(26)34-11-13-37(7,8)9/h20-21H,10-15H2,1-9H3,(H2,27,31)(H,28,29). The van der Waals surface area contributed by atoms with Gasteiger partial charge >= 0.3 is 6.09 Å². The Bertz CT molecular complexity index is 930. The second-order valence-corrected chi connectivity index (χ2v) is 24.4. The third-order valence-corrected chi connectivity index (χ3v) is 9.47. The van der Waals surface area contributed by atoms with Gasteiger partial charge in [-0.2, -0.15) is 5.10 Å². The average molecular weight is 563 g/mol. The molecule has 0 saturated carbocycles. The van der Waals surface area contributed by atoms with E-state index in [4.69, 9.17) is 19.9 Å². The molecule has 2 amide bonds. The molecule has 212 valence electrons. The summed E-state index contributed by atoms with van der Waals surface area (Å²) in [6, 6.07) is 1.30. The fraction of sp³-hybridized carbons (Fsp3) is 0.792. The van der Waals surface area contributed by atoms with Crippen LogP contribution in [0.4, 0.5) is 13.6 Å². The molecule has 0 spiro atoms. The first-order valence-corrected chi connectivity index (χ1v) is 20.0. The molecule has 2 atom stereocenters. The fourth-order valence-corrected chi connectivity index (χ4v) is 5.37. The van der Waals surface area contributed by atoms with Gasteiger partial charge in [-0.1, -0.05) is 39.3 Å². The minimum atomic E-state index is -2.21. The molecule has 0 bridgehead atoms. The number of aromatic amines is 1. The van der Waals surface area contributed by atoms with Crippen LogP contribution in [0.3, 0.4) is 0 Å². The van der Waals surface area contributed by atoms with Gasteiger partial charge in [0.05, 0.1) is 12.2 Å². The molecule has 1 aromatic heterocycles. The molecule has 37 heavy (non-hydrogen) atoms. The van der Waals surface area contributed by atoms with Gasteiger partial charge in [-0.25, -0.2) is 13.6 Å². The minimum Gasteiger partial charge on any atom is -0.444 e. The van der Waals surface area contributed by atoms with Gasteiger partial charge in [0.25, 0.3) is 5.91 Å². The predicted molar refractivity (Wildman–Crippen MR) is 143 cm³/mol. The van der Waals surface area contributed by atoms with Crippen LogP contribution in [-0.2, 0) is 26.2 Å². The van der Waals surface area contributed by atoms with Gasteiger partial charge in [0.2, 0.25) is 12.7 Å². The number of alkyl halides is 2. The van der Waals surface area contributed by atoms with Crippen LogP contribution in [0.5, 0.6) is 0 Å². The van der Waals surface area contributed by atoms with Crippen molar-refractivity contribution in [1.82, 2.24) is 15.1 Å². The number of halogens is 2. The molecule has 2 heterocycles. The number of nitrogens with one attached hydrogen (secondary N) is 1. The number of hydrogen-bond acceptors (Lipinski definition) is 6. The number of primary amides is 1. The fourth-order valence-electron chi connectivity index (χ4n) is 3.91. The molecule has 1 aliphatic rings. The molecule has 2 unspecified atom stereocenters. The van der Waals surface area contributed by atoms with E-state index >= 15 is 8.78 Å². The molecule has 0 aliphatic carbocycles. The zero-order valence-electron chi connectivity index (χ0n) is 23.7. The maximum absolute atomic E-state index is 16.2. The van der Waals surface area contributed by atoms with Crippen molar-refractivity contribution in [2.75, 3.05) is 19.8 Å². The zero-order chi connectivity index (χ0) is 28.4. The Kier molecular flexibility index (Phi) is 9.75. The summed E-state index contributed by atoms with van der Waals surface area (Å²) in [6.07, 6.45) is -5.21. The highest BCUT2D eigenvalue weighted by Crippen LogP contribution is 2.43. The van der Waals surface area contributed by atoms with Gasteiger partial charge in [-0.15, -0.1) is 0 Å². The lowest BCUT2D eigenvalue weighted by Gasteiger charge is -2.45. The average Bonchev–Trinajstić information content (AvgIpc) is 3.14. The van der Waals surface area contributed by atoms with Crippen LogP contribution in [-0.4, -0.2) is 81.3 Å². The second kappa shape index (κ2) is 11.5. The van der Waals surface area contributed by atoms with Crippen LogP contribution >= 0.6 is 0 Å². The molecule has 2 rings (SSSR count). The molecule has 0 saturated heterocycles. The number of hydrogen-bond donors (Lipinski definition) is 2. The normalized spacial score (nSPS) is 20.4. The number of H-pyrrole nitrogens is 1. The Morgan fingerprint density at radius 3 is 1.95 bits per heavy atom. The lowest BCUT2D eigenvalue weighted by Crippen LogP contribution is -2.60. The lowest BCUT2D eigenvalue weighted by molar-refractivity contribution is -0.187. The zero-order valence-corrected chi connectivity index (χ0v) is 25.7. The van der Waals surface area contributed by atoms with E-state index in [0.717, 1.165) is 4.90 Å². The Labute approximate surface area is 220 Å². The Morgan fingerprint density at radius 1 is 1.05 bits per heavy atom. The van der Waals surface area contributed by atoms with Crippen molar-refractivity contribution in [3.63, 3.8) is 0 Å². The summed E-state index contributed by atoms with van der Waals surface area (Å²) in [6.45, 7) is 17.3. The highest BCUT2D eigenvalue weighted by molar-refractivity contribution is 6.76. The topological polar surface area (TPSA) is 120 Å². The molecular formula is C24H44F2N4O5Si2. The Hall–Kier alpha value is -1.84. The van der Waals surface area contributed by atoms with Gasteiger partial charge in [-0.05, 0) is 32.9 Å². The van der Waals surface area contributed by atoms with Crippen LogP contribution in [0.1, 0.15) is 42.5 Å². The van der Waals surface area contributed by atoms with Crippen molar-refractivity contribution < 1.29 is 32.6 Å². The largest absolute Gasteiger partial charge is 0.444 e. The predicted octanol–water partition coefficient (Wildman–Crippen LogP) is 4.80. The van der Waals surface area contributed by atoms with Crippen molar-refractivity contribution in [2.45, 2.75) is 102 Å². The molecule has 13 heteroatoms. The summed E-state index contributed by atoms with van der Waals surface area (Å²) < 4.78 is 49.2. The van der Waals surface area contributed by atoms with Crippen LogP contribution in [0.2, 0.25) is 51.4 Å². The molecular weight excluding hydrogens is 518 g/mol. The summed E-state index contributed by atoms with van der Waals surface area (Å²) >= 11 is 0. The first-order valence-electron chi connectivity index (χ1n) is 12.6. The summed E-state index contributed by atoms with van der Waals surface area (Å²) in [5.74, 6) is -0.887. The van der Waals surface area contributed by atoms with Crippen LogP contribution in [0.15, 0.2) is 0 Å². The molecule has 3 N–H and O–H groups in total.